The number of nitrogens with zero attached hydrogens (tertiary/aromatic N) is 1. The molecule has 0 aliphatic rings. The van der Waals surface area contributed by atoms with Gasteiger partial charge in [-0.05, 0) is 48.4 Å². The topological polar surface area (TPSA) is 24.9 Å². The summed E-state index contributed by atoms with van der Waals surface area (Å²) in [5, 5.41) is 3.43. The number of rotatable bonds is 5. The molecule has 0 saturated carbocycles. The Kier molecular flexibility index (Phi) is 5.05. The van der Waals surface area contributed by atoms with Gasteiger partial charge in [-0.2, -0.15) is 0 Å². The highest BCUT2D eigenvalue weighted by Crippen LogP contribution is 2.25. The first kappa shape index (κ1) is 14.2. The molecule has 1 N–H and O–H groups in total. The van der Waals surface area contributed by atoms with E-state index in [0.29, 0.717) is 0 Å². The first-order chi connectivity index (χ1) is 9.20. The van der Waals surface area contributed by atoms with Crippen LogP contribution in [-0.4, -0.2) is 11.5 Å². The van der Waals surface area contributed by atoms with Crippen LogP contribution in [0, 0.1) is 5.82 Å². The minimum atomic E-state index is -0.239. The zero-order chi connectivity index (χ0) is 13.7. The third-order valence-electron chi connectivity index (χ3n) is 2.83. The standard InChI is InChI=1S/C15H16BrFN2/c1-2-5-19-15(11-4-3-6-18-10-11)12-7-13(16)9-14(17)8-12/h3-4,6-10,15,19H,2,5H2,1H3. The number of hydrogen-bond donors (Lipinski definition) is 1. The molecule has 2 aromatic rings. The average molecular weight is 323 g/mol. The molecule has 0 amide bonds. The fourth-order valence-electron chi connectivity index (χ4n) is 2.01. The third-order valence-corrected chi connectivity index (χ3v) is 3.29. The number of aromatic nitrogens is 1. The van der Waals surface area contributed by atoms with Crippen molar-refractivity contribution in [3.63, 3.8) is 0 Å². The zero-order valence-electron chi connectivity index (χ0n) is 10.7. The van der Waals surface area contributed by atoms with Crippen LogP contribution in [-0.2, 0) is 0 Å². The lowest BCUT2D eigenvalue weighted by Crippen LogP contribution is -2.23. The number of benzene rings is 1. The Morgan fingerprint density at radius 1 is 1.32 bits per heavy atom. The minimum absolute atomic E-state index is 0.0411. The monoisotopic (exact) mass is 322 g/mol. The lowest BCUT2D eigenvalue weighted by Gasteiger charge is -2.19. The van der Waals surface area contributed by atoms with Gasteiger partial charge in [0.1, 0.15) is 5.82 Å². The predicted octanol–water partition coefficient (Wildman–Crippen LogP) is 4.07. The summed E-state index contributed by atoms with van der Waals surface area (Å²) in [4.78, 5) is 4.14. The Hall–Kier alpha value is -1.26. The second-order valence-corrected chi connectivity index (χ2v) is 5.29. The highest BCUT2D eigenvalue weighted by atomic mass is 79.9. The van der Waals surface area contributed by atoms with Gasteiger partial charge in [0, 0.05) is 16.9 Å². The molecule has 0 saturated heterocycles. The molecule has 1 unspecified atom stereocenters. The fraction of sp³-hybridized carbons (Fsp3) is 0.267. The molecular weight excluding hydrogens is 307 g/mol. The number of halogens is 2. The number of hydrogen-bond acceptors (Lipinski definition) is 2. The lowest BCUT2D eigenvalue weighted by molar-refractivity contribution is 0.583. The Bertz CT molecular complexity index is 511. The van der Waals surface area contributed by atoms with Crippen LogP contribution in [0.1, 0.15) is 30.5 Å². The first-order valence-electron chi connectivity index (χ1n) is 6.30. The van der Waals surface area contributed by atoms with Gasteiger partial charge in [0.25, 0.3) is 0 Å². The molecule has 0 aliphatic carbocycles. The highest BCUT2D eigenvalue weighted by Gasteiger charge is 2.14. The van der Waals surface area contributed by atoms with E-state index in [9.17, 15) is 4.39 Å². The molecule has 0 radical (unpaired) electrons. The molecule has 4 heteroatoms. The third kappa shape index (κ3) is 3.85. The molecule has 1 atom stereocenters. The predicted molar refractivity (Wildman–Crippen MR) is 78.5 cm³/mol. The van der Waals surface area contributed by atoms with Gasteiger partial charge in [-0.25, -0.2) is 4.39 Å². The molecule has 1 heterocycles. The van der Waals surface area contributed by atoms with E-state index in [1.54, 1.807) is 12.3 Å². The number of nitrogens with one attached hydrogen (secondary N) is 1. The van der Waals surface area contributed by atoms with E-state index in [4.69, 9.17) is 0 Å². The summed E-state index contributed by atoms with van der Waals surface area (Å²) in [5.74, 6) is -0.239. The molecule has 0 bridgehead atoms. The van der Waals surface area contributed by atoms with Crippen molar-refractivity contribution in [3.8, 4) is 0 Å². The van der Waals surface area contributed by atoms with Crippen LogP contribution in [0.25, 0.3) is 0 Å². The van der Waals surface area contributed by atoms with Crippen LogP contribution in [0.3, 0.4) is 0 Å². The SMILES string of the molecule is CCCNC(c1cccnc1)c1cc(F)cc(Br)c1. The average Bonchev–Trinajstić information content (AvgIpc) is 2.39. The van der Waals surface area contributed by atoms with Crippen molar-refractivity contribution >= 4 is 15.9 Å². The van der Waals surface area contributed by atoms with Crippen molar-refractivity contribution < 1.29 is 4.39 Å². The molecule has 0 spiro atoms. The van der Waals surface area contributed by atoms with Gasteiger partial charge >= 0.3 is 0 Å². The Balaban J connectivity index is 2.36. The quantitative estimate of drug-likeness (QED) is 0.897. The maximum atomic E-state index is 13.6. The van der Waals surface area contributed by atoms with Crippen LogP contribution in [0.4, 0.5) is 4.39 Å². The van der Waals surface area contributed by atoms with E-state index in [0.717, 1.165) is 28.6 Å². The van der Waals surface area contributed by atoms with Crippen molar-refractivity contribution in [2.45, 2.75) is 19.4 Å². The molecule has 19 heavy (non-hydrogen) atoms. The highest BCUT2D eigenvalue weighted by molar-refractivity contribution is 9.10. The normalized spacial score (nSPS) is 12.4. The molecule has 1 aromatic heterocycles. The van der Waals surface area contributed by atoms with Crippen molar-refractivity contribution in [2.75, 3.05) is 6.54 Å². The van der Waals surface area contributed by atoms with Crippen LogP contribution < -0.4 is 5.32 Å². The van der Waals surface area contributed by atoms with E-state index in [1.807, 2.05) is 24.4 Å². The minimum Gasteiger partial charge on any atom is -0.306 e. The Labute approximate surface area is 121 Å². The largest absolute Gasteiger partial charge is 0.306 e. The molecule has 2 rings (SSSR count). The van der Waals surface area contributed by atoms with Gasteiger partial charge in [-0.1, -0.05) is 28.9 Å². The van der Waals surface area contributed by atoms with Crippen LogP contribution in [0.2, 0.25) is 0 Å². The molecule has 0 aliphatic heterocycles. The lowest BCUT2D eigenvalue weighted by atomic mass is 10.00. The molecule has 100 valence electrons. The first-order valence-corrected chi connectivity index (χ1v) is 7.09. The van der Waals surface area contributed by atoms with Gasteiger partial charge < -0.3 is 5.32 Å². The van der Waals surface area contributed by atoms with Gasteiger partial charge in [0.05, 0.1) is 6.04 Å². The molecule has 1 aromatic carbocycles. The van der Waals surface area contributed by atoms with Crippen LogP contribution >= 0.6 is 15.9 Å². The van der Waals surface area contributed by atoms with Gasteiger partial charge in [-0.15, -0.1) is 0 Å². The Morgan fingerprint density at radius 2 is 2.16 bits per heavy atom. The van der Waals surface area contributed by atoms with Gasteiger partial charge in [0.15, 0.2) is 0 Å². The summed E-state index contributed by atoms with van der Waals surface area (Å²) in [7, 11) is 0. The molecular formula is C15H16BrFN2. The van der Waals surface area contributed by atoms with Crippen molar-refractivity contribution in [1.29, 1.82) is 0 Å². The van der Waals surface area contributed by atoms with Crippen molar-refractivity contribution in [2.24, 2.45) is 0 Å². The van der Waals surface area contributed by atoms with E-state index >= 15 is 0 Å². The van der Waals surface area contributed by atoms with E-state index in [-0.39, 0.29) is 11.9 Å². The second-order valence-electron chi connectivity index (χ2n) is 4.38. The van der Waals surface area contributed by atoms with Crippen LogP contribution in [0.5, 0.6) is 0 Å². The number of pyridine rings is 1. The summed E-state index contributed by atoms with van der Waals surface area (Å²) in [6.07, 6.45) is 4.57. The maximum absolute atomic E-state index is 13.6. The van der Waals surface area contributed by atoms with Gasteiger partial charge in [-0.3, -0.25) is 4.98 Å². The van der Waals surface area contributed by atoms with Gasteiger partial charge in [0.2, 0.25) is 0 Å². The second kappa shape index (κ2) is 6.78. The van der Waals surface area contributed by atoms with E-state index < -0.39 is 0 Å². The summed E-state index contributed by atoms with van der Waals surface area (Å²) in [6, 6.07) is 8.81. The molecule has 2 nitrogen and oxygen atoms in total. The zero-order valence-corrected chi connectivity index (χ0v) is 12.3. The van der Waals surface area contributed by atoms with Crippen LogP contribution in [0.15, 0.2) is 47.2 Å². The van der Waals surface area contributed by atoms with E-state index in [1.165, 1.54) is 6.07 Å². The summed E-state index contributed by atoms with van der Waals surface area (Å²) < 4.78 is 14.3. The summed E-state index contributed by atoms with van der Waals surface area (Å²) in [5.41, 5.74) is 1.93. The smallest absolute Gasteiger partial charge is 0.124 e. The van der Waals surface area contributed by atoms with Crippen molar-refractivity contribution in [3.05, 3.63) is 64.1 Å². The fourth-order valence-corrected chi connectivity index (χ4v) is 2.49. The van der Waals surface area contributed by atoms with E-state index in [2.05, 4.69) is 33.2 Å². The summed E-state index contributed by atoms with van der Waals surface area (Å²) in [6.45, 7) is 2.97. The van der Waals surface area contributed by atoms with Crippen molar-refractivity contribution in [1.82, 2.24) is 10.3 Å². The maximum Gasteiger partial charge on any atom is 0.124 e. The Morgan fingerprint density at radius 3 is 2.79 bits per heavy atom. The molecule has 0 fully saturated rings. The summed E-state index contributed by atoms with van der Waals surface area (Å²) >= 11 is 3.34.